The van der Waals surface area contributed by atoms with E-state index in [4.69, 9.17) is 11.6 Å². The standard InChI is InChI=1S/C20H28N6S/c1-23-27-17-12-13-19(24-15-8-4-2-5-9-15)18(14-17)20(21)25-26(22)16-10-6-3-7-11-16/h3,6-7,10-15,23-24H,2,4-5,8-9,22H2,1H3,(H2,21,25). The van der Waals surface area contributed by atoms with Crippen LogP contribution in [0, 0.1) is 0 Å². The van der Waals surface area contributed by atoms with Crippen molar-refractivity contribution in [2.75, 3.05) is 17.5 Å². The molecule has 0 radical (unpaired) electrons. The van der Waals surface area contributed by atoms with Gasteiger partial charge in [-0.3, -0.25) is 4.72 Å². The van der Waals surface area contributed by atoms with Crippen molar-refractivity contribution in [2.45, 2.75) is 43.0 Å². The van der Waals surface area contributed by atoms with Crippen molar-refractivity contribution in [1.29, 1.82) is 0 Å². The smallest absolute Gasteiger partial charge is 0.154 e. The van der Waals surface area contributed by atoms with Crippen LogP contribution >= 0.6 is 11.9 Å². The Kier molecular flexibility index (Phi) is 6.98. The topological polar surface area (TPSA) is 91.7 Å². The Morgan fingerprint density at radius 1 is 1.11 bits per heavy atom. The lowest BCUT2D eigenvalue weighted by Gasteiger charge is -2.25. The molecule has 1 aliphatic rings. The number of nitrogens with zero attached hydrogens (tertiary/aromatic N) is 2. The molecule has 1 saturated carbocycles. The van der Waals surface area contributed by atoms with E-state index >= 15 is 0 Å². The highest BCUT2D eigenvalue weighted by Gasteiger charge is 2.16. The van der Waals surface area contributed by atoms with Crippen LogP contribution in [0.4, 0.5) is 11.4 Å². The largest absolute Gasteiger partial charge is 0.382 e. The van der Waals surface area contributed by atoms with Crippen molar-refractivity contribution in [3.05, 3.63) is 54.1 Å². The summed E-state index contributed by atoms with van der Waals surface area (Å²) in [5, 5.41) is 9.39. The monoisotopic (exact) mass is 384 g/mol. The molecular formula is C20H28N6S. The molecule has 0 saturated heterocycles. The van der Waals surface area contributed by atoms with Gasteiger partial charge in [0.1, 0.15) is 0 Å². The van der Waals surface area contributed by atoms with Crippen LogP contribution in [0.5, 0.6) is 0 Å². The van der Waals surface area contributed by atoms with Crippen molar-refractivity contribution in [3.63, 3.8) is 0 Å². The summed E-state index contributed by atoms with van der Waals surface area (Å²) in [5.41, 5.74) is 9.02. The van der Waals surface area contributed by atoms with Crippen LogP contribution in [0.25, 0.3) is 0 Å². The van der Waals surface area contributed by atoms with Crippen LogP contribution in [0.3, 0.4) is 0 Å². The van der Waals surface area contributed by atoms with Crippen molar-refractivity contribution in [2.24, 2.45) is 16.7 Å². The van der Waals surface area contributed by atoms with Gasteiger partial charge in [-0.25, -0.2) is 5.84 Å². The van der Waals surface area contributed by atoms with Gasteiger partial charge in [-0.05, 0) is 62.2 Å². The average Bonchev–Trinajstić information content (AvgIpc) is 2.70. The first-order valence-corrected chi connectivity index (χ1v) is 10.2. The van der Waals surface area contributed by atoms with Crippen molar-refractivity contribution < 1.29 is 0 Å². The Morgan fingerprint density at radius 2 is 1.85 bits per heavy atom. The normalized spacial score (nSPS) is 15.6. The fourth-order valence-electron chi connectivity index (χ4n) is 3.32. The third-order valence-electron chi connectivity index (χ3n) is 4.69. The summed E-state index contributed by atoms with van der Waals surface area (Å²) >= 11 is 1.54. The Hall–Kier alpha value is -2.22. The molecule has 1 fully saturated rings. The number of para-hydroxylation sites is 1. The van der Waals surface area contributed by atoms with E-state index in [0.717, 1.165) is 21.8 Å². The van der Waals surface area contributed by atoms with E-state index < -0.39 is 0 Å². The zero-order valence-electron chi connectivity index (χ0n) is 15.7. The fraction of sp³-hybridized carbons (Fsp3) is 0.350. The second kappa shape index (κ2) is 9.64. The maximum atomic E-state index is 6.36. The minimum atomic E-state index is 0.387. The Morgan fingerprint density at radius 3 is 2.56 bits per heavy atom. The van der Waals surface area contributed by atoms with E-state index in [2.05, 4.69) is 27.3 Å². The van der Waals surface area contributed by atoms with Gasteiger partial charge in [0.15, 0.2) is 5.84 Å². The summed E-state index contributed by atoms with van der Waals surface area (Å²) in [4.78, 5) is 1.07. The quantitative estimate of drug-likeness (QED) is 0.191. The summed E-state index contributed by atoms with van der Waals surface area (Å²) in [5.74, 6) is 6.48. The molecule has 2 aromatic rings. The van der Waals surface area contributed by atoms with Crippen LogP contribution in [-0.2, 0) is 0 Å². The van der Waals surface area contributed by atoms with Crippen LogP contribution in [0.2, 0.25) is 0 Å². The number of hydrogen-bond acceptors (Lipinski definition) is 6. The van der Waals surface area contributed by atoms with Gasteiger partial charge in [-0.2, -0.15) is 5.12 Å². The second-order valence-electron chi connectivity index (χ2n) is 6.66. The molecular weight excluding hydrogens is 356 g/mol. The van der Waals surface area contributed by atoms with E-state index in [1.807, 2.05) is 43.4 Å². The van der Waals surface area contributed by atoms with Gasteiger partial charge in [-0.15, -0.1) is 5.10 Å². The highest BCUT2D eigenvalue weighted by atomic mass is 32.2. The number of rotatable bonds is 7. The molecule has 6 nitrogen and oxygen atoms in total. The van der Waals surface area contributed by atoms with Gasteiger partial charge in [0.2, 0.25) is 0 Å². The fourth-order valence-corrected chi connectivity index (χ4v) is 3.87. The van der Waals surface area contributed by atoms with Gasteiger partial charge in [0, 0.05) is 22.2 Å². The summed E-state index contributed by atoms with van der Waals surface area (Å²) < 4.78 is 3.10. The molecule has 27 heavy (non-hydrogen) atoms. The Labute approximate surface area is 165 Å². The second-order valence-corrected chi connectivity index (χ2v) is 7.74. The molecule has 0 bridgehead atoms. The molecule has 0 unspecified atom stereocenters. The van der Waals surface area contributed by atoms with Crippen LogP contribution < -0.4 is 26.7 Å². The SMILES string of the molecule is CNSc1ccc(NC2CCCCC2)c(/C(N)=N/N(N)c2ccccc2)c1. The van der Waals surface area contributed by atoms with E-state index in [0.29, 0.717) is 11.9 Å². The van der Waals surface area contributed by atoms with Crippen LogP contribution in [-0.4, -0.2) is 18.9 Å². The molecule has 3 rings (SSSR count). The number of benzene rings is 2. The van der Waals surface area contributed by atoms with Crippen LogP contribution in [0.15, 0.2) is 58.5 Å². The van der Waals surface area contributed by atoms with Crippen LogP contribution in [0.1, 0.15) is 37.7 Å². The van der Waals surface area contributed by atoms with E-state index in [1.165, 1.54) is 37.2 Å². The zero-order valence-corrected chi connectivity index (χ0v) is 16.5. The molecule has 2 aromatic carbocycles. The molecule has 0 heterocycles. The highest BCUT2D eigenvalue weighted by molar-refractivity contribution is 7.97. The molecule has 7 heteroatoms. The lowest BCUT2D eigenvalue weighted by Crippen LogP contribution is -2.30. The van der Waals surface area contributed by atoms with Gasteiger partial charge >= 0.3 is 0 Å². The number of nitrogens with one attached hydrogen (secondary N) is 2. The number of nitrogens with two attached hydrogens (primary N) is 2. The number of amidine groups is 1. The Bertz CT molecular complexity index is 758. The predicted octanol–water partition coefficient (Wildman–Crippen LogP) is 3.66. The van der Waals surface area contributed by atoms with Crippen molar-refractivity contribution in [3.8, 4) is 0 Å². The predicted molar refractivity (Wildman–Crippen MR) is 116 cm³/mol. The Balaban J connectivity index is 1.87. The van der Waals surface area contributed by atoms with Gasteiger partial charge < -0.3 is 11.1 Å². The number of hydrazine groups is 1. The van der Waals surface area contributed by atoms with E-state index in [9.17, 15) is 0 Å². The van der Waals surface area contributed by atoms with E-state index in [-0.39, 0.29) is 0 Å². The van der Waals surface area contributed by atoms with Gasteiger partial charge in [0.25, 0.3) is 0 Å². The first-order chi connectivity index (χ1) is 13.2. The first kappa shape index (κ1) is 19.5. The minimum Gasteiger partial charge on any atom is -0.382 e. The highest BCUT2D eigenvalue weighted by Crippen LogP contribution is 2.27. The number of anilines is 2. The lowest BCUT2D eigenvalue weighted by molar-refractivity contribution is 0.462. The van der Waals surface area contributed by atoms with Gasteiger partial charge in [0.05, 0.1) is 5.69 Å². The molecule has 0 aromatic heterocycles. The van der Waals surface area contributed by atoms with Crippen molar-refractivity contribution >= 4 is 29.2 Å². The molecule has 0 atom stereocenters. The maximum absolute atomic E-state index is 6.36. The van der Waals surface area contributed by atoms with E-state index in [1.54, 1.807) is 11.9 Å². The molecule has 144 valence electrons. The molecule has 1 aliphatic carbocycles. The first-order valence-electron chi connectivity index (χ1n) is 9.36. The minimum absolute atomic E-state index is 0.387. The average molecular weight is 385 g/mol. The maximum Gasteiger partial charge on any atom is 0.154 e. The molecule has 0 spiro atoms. The third kappa shape index (κ3) is 5.38. The zero-order chi connectivity index (χ0) is 19.1. The molecule has 0 aliphatic heterocycles. The molecule has 6 N–H and O–H groups in total. The third-order valence-corrected chi connectivity index (χ3v) is 5.38. The van der Waals surface area contributed by atoms with Crippen molar-refractivity contribution in [1.82, 2.24) is 4.72 Å². The number of hydrogen-bond donors (Lipinski definition) is 4. The lowest BCUT2D eigenvalue weighted by atomic mass is 9.95. The summed E-state index contributed by atoms with van der Waals surface area (Å²) in [6.45, 7) is 0. The number of hydrazone groups is 1. The summed E-state index contributed by atoms with van der Waals surface area (Å²) in [6, 6.07) is 16.3. The summed E-state index contributed by atoms with van der Waals surface area (Å²) in [7, 11) is 1.90. The molecule has 0 amide bonds. The summed E-state index contributed by atoms with van der Waals surface area (Å²) in [6.07, 6.45) is 6.25. The van der Waals surface area contributed by atoms with Gasteiger partial charge in [-0.1, -0.05) is 37.5 Å².